The lowest BCUT2D eigenvalue weighted by atomic mass is 10.2. The fourth-order valence-electron chi connectivity index (χ4n) is 1.18. The number of oxime groups is 1. The van der Waals surface area contributed by atoms with Gasteiger partial charge in [0.05, 0.1) is 6.61 Å². The highest BCUT2D eigenvalue weighted by atomic mass is 32.1. The van der Waals surface area contributed by atoms with Crippen molar-refractivity contribution < 1.29 is 29.4 Å². The summed E-state index contributed by atoms with van der Waals surface area (Å²) in [5, 5.41) is 25.0. The first-order chi connectivity index (χ1) is 10.2. The van der Waals surface area contributed by atoms with Crippen molar-refractivity contribution in [3.63, 3.8) is 0 Å². The van der Waals surface area contributed by atoms with Gasteiger partial charge in [0.25, 0.3) is 0 Å². The van der Waals surface area contributed by atoms with Gasteiger partial charge in [0.2, 0.25) is 5.71 Å². The number of hydrogen-bond donors (Lipinski definition) is 3. The van der Waals surface area contributed by atoms with E-state index in [4.69, 9.17) is 14.9 Å². The molecule has 0 radical (unpaired) electrons. The fraction of sp³-hybridized carbons (Fsp3) is 0.500. The predicted octanol–water partition coefficient (Wildman–Crippen LogP) is 1.29. The van der Waals surface area contributed by atoms with Gasteiger partial charge in [-0.25, -0.2) is 14.6 Å². The third-order valence-electron chi connectivity index (χ3n) is 1.90. The SMILES string of the molecule is CC(C)(C)OC(=O)Nc1nc(/C(=N/OCCO)C(=O)O)cs1. The van der Waals surface area contributed by atoms with Crippen LogP contribution in [0.15, 0.2) is 10.5 Å². The van der Waals surface area contributed by atoms with Gasteiger partial charge in [-0.05, 0) is 20.8 Å². The number of carboxylic acid groups (broad SMARTS) is 1. The van der Waals surface area contributed by atoms with E-state index in [9.17, 15) is 9.59 Å². The van der Waals surface area contributed by atoms with Crippen LogP contribution in [0.4, 0.5) is 9.93 Å². The third kappa shape index (κ3) is 6.06. The van der Waals surface area contributed by atoms with Gasteiger partial charge < -0.3 is 19.8 Å². The first-order valence-electron chi connectivity index (χ1n) is 6.23. The van der Waals surface area contributed by atoms with Crippen LogP contribution < -0.4 is 5.32 Å². The summed E-state index contributed by atoms with van der Waals surface area (Å²) in [4.78, 5) is 31.2. The van der Waals surface area contributed by atoms with Crippen LogP contribution >= 0.6 is 11.3 Å². The summed E-state index contributed by atoms with van der Waals surface area (Å²) in [6.07, 6.45) is -0.696. The molecular formula is C12H17N3O6S. The molecule has 0 saturated heterocycles. The molecule has 0 spiro atoms. The summed E-state index contributed by atoms with van der Waals surface area (Å²) >= 11 is 1.02. The summed E-state index contributed by atoms with van der Waals surface area (Å²) in [5.74, 6) is -1.34. The molecule has 1 aromatic heterocycles. The van der Waals surface area contributed by atoms with Gasteiger partial charge in [-0.2, -0.15) is 0 Å². The van der Waals surface area contributed by atoms with E-state index < -0.39 is 23.4 Å². The van der Waals surface area contributed by atoms with Crippen LogP contribution in [0.25, 0.3) is 0 Å². The number of carbonyl (C=O) groups is 2. The number of anilines is 1. The van der Waals surface area contributed by atoms with Crippen LogP contribution in [0.1, 0.15) is 26.5 Å². The number of aromatic nitrogens is 1. The fourth-order valence-corrected chi connectivity index (χ4v) is 1.86. The molecular weight excluding hydrogens is 314 g/mol. The quantitative estimate of drug-likeness (QED) is 0.406. The summed E-state index contributed by atoms with van der Waals surface area (Å²) in [7, 11) is 0. The van der Waals surface area contributed by atoms with Crippen LogP contribution in [0.3, 0.4) is 0 Å². The van der Waals surface area contributed by atoms with Gasteiger partial charge in [-0.1, -0.05) is 5.16 Å². The Labute approximate surface area is 130 Å². The molecule has 1 rings (SSSR count). The first kappa shape index (κ1) is 17.9. The number of carboxylic acids is 1. The average Bonchev–Trinajstić information content (AvgIpc) is 2.79. The lowest BCUT2D eigenvalue weighted by molar-refractivity contribution is -0.129. The molecule has 0 bridgehead atoms. The summed E-state index contributed by atoms with van der Waals surface area (Å²) in [6, 6.07) is 0. The molecule has 9 nitrogen and oxygen atoms in total. The zero-order valence-electron chi connectivity index (χ0n) is 12.3. The van der Waals surface area contributed by atoms with E-state index in [-0.39, 0.29) is 24.0 Å². The highest BCUT2D eigenvalue weighted by molar-refractivity contribution is 7.14. The largest absolute Gasteiger partial charge is 0.476 e. The van der Waals surface area contributed by atoms with Crippen molar-refractivity contribution in [2.75, 3.05) is 18.5 Å². The number of amides is 1. The standard InChI is InChI=1S/C12H17N3O6S/c1-12(2,3)21-11(19)14-10-13-7(6-22-10)8(9(17)18)15-20-5-4-16/h6,16H,4-5H2,1-3H3,(H,17,18)(H,13,14,19)/b15-8-. The maximum absolute atomic E-state index is 11.6. The lowest BCUT2D eigenvalue weighted by Crippen LogP contribution is -2.27. The topological polar surface area (TPSA) is 130 Å². The van der Waals surface area contributed by atoms with E-state index in [1.165, 1.54) is 5.38 Å². The lowest BCUT2D eigenvalue weighted by Gasteiger charge is -2.18. The molecule has 3 N–H and O–H groups in total. The van der Waals surface area contributed by atoms with E-state index in [2.05, 4.69) is 20.3 Å². The zero-order valence-corrected chi connectivity index (χ0v) is 13.1. The Morgan fingerprint density at radius 1 is 1.45 bits per heavy atom. The number of hydrogen-bond acceptors (Lipinski definition) is 8. The van der Waals surface area contributed by atoms with Crippen molar-refractivity contribution in [1.82, 2.24) is 4.98 Å². The Morgan fingerprint density at radius 3 is 2.68 bits per heavy atom. The molecule has 0 aliphatic carbocycles. The van der Waals surface area contributed by atoms with Crippen molar-refractivity contribution in [2.45, 2.75) is 26.4 Å². The zero-order chi connectivity index (χ0) is 16.8. The smallest absolute Gasteiger partial charge is 0.413 e. The minimum Gasteiger partial charge on any atom is -0.476 e. The summed E-state index contributed by atoms with van der Waals surface area (Å²) < 4.78 is 5.06. The first-order valence-corrected chi connectivity index (χ1v) is 7.11. The number of aliphatic carboxylic acids is 1. The Morgan fingerprint density at radius 2 is 2.14 bits per heavy atom. The van der Waals surface area contributed by atoms with Crippen molar-refractivity contribution >= 4 is 34.2 Å². The number of aliphatic hydroxyl groups is 1. The molecule has 0 aliphatic heterocycles. The Hall–Kier alpha value is -2.20. The molecule has 0 aliphatic rings. The van der Waals surface area contributed by atoms with Crippen LogP contribution in [-0.4, -0.2) is 51.8 Å². The Balaban J connectivity index is 2.78. The number of aliphatic hydroxyl groups excluding tert-OH is 1. The molecule has 0 atom stereocenters. The summed E-state index contributed by atoms with van der Waals surface area (Å²) in [6.45, 7) is 4.72. The van der Waals surface area contributed by atoms with E-state index in [0.29, 0.717) is 0 Å². The van der Waals surface area contributed by atoms with Crippen LogP contribution in [0, 0.1) is 0 Å². The van der Waals surface area contributed by atoms with Crippen LogP contribution in [0.5, 0.6) is 0 Å². The highest BCUT2D eigenvalue weighted by Crippen LogP contribution is 2.18. The monoisotopic (exact) mass is 331 g/mol. The second-order valence-electron chi connectivity index (χ2n) is 4.97. The van der Waals surface area contributed by atoms with Crippen molar-refractivity contribution in [3.05, 3.63) is 11.1 Å². The average molecular weight is 331 g/mol. The number of ether oxygens (including phenoxy) is 1. The molecule has 0 aromatic carbocycles. The number of nitrogens with zero attached hydrogens (tertiary/aromatic N) is 2. The van der Waals surface area contributed by atoms with E-state index in [1.54, 1.807) is 20.8 Å². The van der Waals surface area contributed by atoms with E-state index >= 15 is 0 Å². The number of carbonyl (C=O) groups excluding carboxylic acids is 1. The minimum atomic E-state index is -1.34. The molecule has 1 heterocycles. The predicted molar refractivity (Wildman–Crippen MR) is 79.2 cm³/mol. The molecule has 0 saturated carbocycles. The second kappa shape index (κ2) is 7.71. The van der Waals surface area contributed by atoms with Crippen molar-refractivity contribution in [2.24, 2.45) is 5.16 Å². The highest BCUT2D eigenvalue weighted by Gasteiger charge is 2.20. The Bertz CT molecular complexity index is 563. The van der Waals surface area contributed by atoms with E-state index in [1.807, 2.05) is 0 Å². The van der Waals surface area contributed by atoms with Crippen LogP contribution in [0.2, 0.25) is 0 Å². The maximum Gasteiger partial charge on any atom is 0.413 e. The van der Waals surface area contributed by atoms with Gasteiger partial charge >= 0.3 is 12.1 Å². The van der Waals surface area contributed by atoms with Gasteiger partial charge in [0, 0.05) is 5.38 Å². The van der Waals surface area contributed by atoms with Crippen molar-refractivity contribution in [3.8, 4) is 0 Å². The molecule has 1 aromatic rings. The molecule has 0 fully saturated rings. The van der Waals surface area contributed by atoms with Crippen molar-refractivity contribution in [1.29, 1.82) is 0 Å². The van der Waals surface area contributed by atoms with Gasteiger partial charge in [0.15, 0.2) is 5.13 Å². The van der Waals surface area contributed by atoms with E-state index in [0.717, 1.165) is 11.3 Å². The molecule has 0 unspecified atom stereocenters. The van der Waals surface area contributed by atoms with Gasteiger partial charge in [-0.15, -0.1) is 11.3 Å². The second-order valence-corrected chi connectivity index (χ2v) is 5.82. The van der Waals surface area contributed by atoms with Gasteiger partial charge in [0.1, 0.15) is 17.9 Å². The molecule has 1 amide bonds. The molecule has 22 heavy (non-hydrogen) atoms. The number of nitrogens with one attached hydrogen (secondary N) is 1. The number of thiazole rings is 1. The third-order valence-corrected chi connectivity index (χ3v) is 2.65. The maximum atomic E-state index is 11.6. The summed E-state index contributed by atoms with van der Waals surface area (Å²) in [5.41, 5.74) is -1.06. The minimum absolute atomic E-state index is 0.0292. The molecule has 10 heteroatoms. The number of rotatable bonds is 6. The van der Waals surface area contributed by atoms with Gasteiger partial charge in [-0.3, -0.25) is 5.32 Å². The normalized spacial score (nSPS) is 11.9. The Kier molecular flexibility index (Phi) is 6.25. The molecule has 122 valence electrons. The van der Waals surface area contributed by atoms with Crippen LogP contribution in [-0.2, 0) is 14.4 Å².